The first-order valence-corrected chi connectivity index (χ1v) is 7.33. The molecular formula is C13H18O3S. The summed E-state index contributed by atoms with van der Waals surface area (Å²) in [6.45, 7) is 0. The van der Waals surface area contributed by atoms with Gasteiger partial charge in [-0.25, -0.2) is 0 Å². The highest BCUT2D eigenvalue weighted by Gasteiger charge is 2.00. The van der Waals surface area contributed by atoms with Gasteiger partial charge < -0.3 is 0 Å². The van der Waals surface area contributed by atoms with Gasteiger partial charge in [0.25, 0.3) is 10.1 Å². The highest BCUT2D eigenvalue weighted by atomic mass is 32.2. The first kappa shape index (κ1) is 13.9. The molecule has 0 spiro atoms. The van der Waals surface area contributed by atoms with Gasteiger partial charge in [-0.1, -0.05) is 42.5 Å². The summed E-state index contributed by atoms with van der Waals surface area (Å²) in [5, 5.41) is 0. The van der Waals surface area contributed by atoms with E-state index in [1.54, 1.807) is 6.08 Å². The maximum atomic E-state index is 10.4. The standard InChI is InChI=1S/C13H18O3S/c14-17(15,16)12-8-3-1-2-5-9-13-10-6-4-7-11-13/h1,3-4,6-7,10-11H,2,5,8-9,12H2,(H,14,15,16)/b3-1+. The lowest BCUT2D eigenvalue weighted by atomic mass is 10.1. The average Bonchev–Trinajstić information content (AvgIpc) is 2.28. The van der Waals surface area contributed by atoms with Crippen molar-refractivity contribution in [3.63, 3.8) is 0 Å². The third-order valence-electron chi connectivity index (χ3n) is 2.39. The summed E-state index contributed by atoms with van der Waals surface area (Å²) in [6, 6.07) is 10.2. The molecule has 0 aliphatic heterocycles. The van der Waals surface area contributed by atoms with Crippen molar-refractivity contribution >= 4 is 10.1 Å². The Balaban J connectivity index is 2.10. The Kier molecular flexibility index (Phi) is 5.94. The van der Waals surface area contributed by atoms with Crippen molar-refractivity contribution in [1.82, 2.24) is 0 Å². The number of unbranched alkanes of at least 4 members (excludes halogenated alkanes) is 1. The molecule has 1 N–H and O–H groups in total. The lowest BCUT2D eigenvalue weighted by Crippen LogP contribution is -2.01. The fraction of sp³-hybridized carbons (Fsp3) is 0.385. The van der Waals surface area contributed by atoms with E-state index in [2.05, 4.69) is 12.1 Å². The maximum absolute atomic E-state index is 10.4. The normalized spacial score (nSPS) is 12.1. The lowest BCUT2D eigenvalue weighted by molar-refractivity contribution is 0.483. The topological polar surface area (TPSA) is 54.4 Å². The van der Waals surface area contributed by atoms with Crippen molar-refractivity contribution in [2.24, 2.45) is 0 Å². The van der Waals surface area contributed by atoms with Crippen LogP contribution in [0.15, 0.2) is 42.5 Å². The molecule has 17 heavy (non-hydrogen) atoms. The van der Waals surface area contributed by atoms with Gasteiger partial charge in [0.1, 0.15) is 0 Å². The molecule has 0 atom stereocenters. The molecule has 0 saturated carbocycles. The molecule has 0 saturated heterocycles. The second kappa shape index (κ2) is 7.25. The largest absolute Gasteiger partial charge is 0.286 e. The molecule has 4 heteroatoms. The van der Waals surface area contributed by atoms with Gasteiger partial charge in [0.05, 0.1) is 5.75 Å². The van der Waals surface area contributed by atoms with Crippen molar-refractivity contribution in [3.05, 3.63) is 48.0 Å². The van der Waals surface area contributed by atoms with E-state index >= 15 is 0 Å². The highest BCUT2D eigenvalue weighted by Crippen LogP contribution is 2.05. The predicted molar refractivity (Wildman–Crippen MR) is 69.6 cm³/mol. The van der Waals surface area contributed by atoms with Crippen molar-refractivity contribution in [2.45, 2.75) is 25.7 Å². The molecule has 0 radical (unpaired) electrons. The zero-order valence-electron chi connectivity index (χ0n) is 9.75. The van der Waals surface area contributed by atoms with Gasteiger partial charge in [-0.2, -0.15) is 8.42 Å². The van der Waals surface area contributed by atoms with E-state index in [-0.39, 0.29) is 5.75 Å². The van der Waals surface area contributed by atoms with Gasteiger partial charge in [-0.15, -0.1) is 0 Å². The summed E-state index contributed by atoms with van der Waals surface area (Å²) in [5.74, 6) is -0.192. The van der Waals surface area contributed by atoms with Crippen molar-refractivity contribution in [2.75, 3.05) is 5.75 Å². The molecule has 0 bridgehead atoms. The Hall–Kier alpha value is -1.13. The van der Waals surface area contributed by atoms with Crippen molar-refractivity contribution in [1.29, 1.82) is 0 Å². The van der Waals surface area contributed by atoms with E-state index in [1.807, 2.05) is 24.3 Å². The maximum Gasteiger partial charge on any atom is 0.265 e. The minimum atomic E-state index is -3.81. The minimum Gasteiger partial charge on any atom is -0.286 e. The van der Waals surface area contributed by atoms with Crippen LogP contribution < -0.4 is 0 Å². The van der Waals surface area contributed by atoms with Crippen LogP contribution in [0.3, 0.4) is 0 Å². The zero-order chi connectivity index (χ0) is 12.6. The Labute approximate surface area is 103 Å². The SMILES string of the molecule is O=S(=O)(O)CC/C=C/CCCc1ccccc1. The summed E-state index contributed by atoms with van der Waals surface area (Å²) in [7, 11) is -3.81. The second-order valence-corrected chi connectivity index (χ2v) is 5.50. The van der Waals surface area contributed by atoms with Crippen LogP contribution in [-0.2, 0) is 16.5 Å². The van der Waals surface area contributed by atoms with Crippen LogP contribution in [0.1, 0.15) is 24.8 Å². The van der Waals surface area contributed by atoms with Crippen molar-refractivity contribution in [3.8, 4) is 0 Å². The van der Waals surface area contributed by atoms with Crippen LogP contribution in [0.25, 0.3) is 0 Å². The first-order chi connectivity index (χ1) is 8.08. The van der Waals surface area contributed by atoms with Gasteiger partial charge in [0, 0.05) is 0 Å². The third kappa shape index (κ3) is 7.71. The summed E-state index contributed by atoms with van der Waals surface area (Å²) < 4.78 is 29.4. The molecule has 1 rings (SSSR count). The minimum absolute atomic E-state index is 0.192. The highest BCUT2D eigenvalue weighted by molar-refractivity contribution is 7.85. The summed E-state index contributed by atoms with van der Waals surface area (Å²) in [5.41, 5.74) is 1.32. The number of aryl methyl sites for hydroxylation is 1. The van der Waals surface area contributed by atoms with Crippen LogP contribution in [0.4, 0.5) is 0 Å². The third-order valence-corrected chi connectivity index (χ3v) is 3.14. The molecule has 1 aromatic carbocycles. The number of hydrogen-bond donors (Lipinski definition) is 1. The number of benzene rings is 1. The quantitative estimate of drug-likeness (QED) is 0.462. The lowest BCUT2D eigenvalue weighted by Gasteiger charge is -1.98. The van der Waals surface area contributed by atoms with Gasteiger partial charge in [0.15, 0.2) is 0 Å². The molecule has 0 heterocycles. The van der Waals surface area contributed by atoms with Crippen LogP contribution in [0, 0.1) is 0 Å². The molecule has 0 aliphatic carbocycles. The molecular weight excluding hydrogens is 236 g/mol. The van der Waals surface area contributed by atoms with Crippen molar-refractivity contribution < 1.29 is 13.0 Å². The Morgan fingerprint density at radius 2 is 1.71 bits per heavy atom. The average molecular weight is 254 g/mol. The monoisotopic (exact) mass is 254 g/mol. The molecule has 3 nitrogen and oxygen atoms in total. The zero-order valence-corrected chi connectivity index (χ0v) is 10.6. The van der Waals surface area contributed by atoms with Crippen LogP contribution in [-0.4, -0.2) is 18.7 Å². The second-order valence-electron chi connectivity index (χ2n) is 3.92. The fourth-order valence-corrected chi connectivity index (χ4v) is 1.96. The molecule has 94 valence electrons. The first-order valence-electron chi connectivity index (χ1n) is 5.72. The van der Waals surface area contributed by atoms with Crippen LogP contribution >= 0.6 is 0 Å². The van der Waals surface area contributed by atoms with E-state index in [9.17, 15) is 8.42 Å². The van der Waals surface area contributed by atoms with Gasteiger partial charge in [-0.05, 0) is 31.2 Å². The fourth-order valence-electron chi connectivity index (χ4n) is 1.52. The Morgan fingerprint density at radius 1 is 1.06 bits per heavy atom. The summed E-state index contributed by atoms with van der Waals surface area (Å²) >= 11 is 0. The number of hydrogen-bond acceptors (Lipinski definition) is 2. The van der Waals surface area contributed by atoms with E-state index < -0.39 is 10.1 Å². The van der Waals surface area contributed by atoms with Crippen LogP contribution in [0.2, 0.25) is 0 Å². The molecule has 0 unspecified atom stereocenters. The molecule has 0 aliphatic rings. The summed E-state index contributed by atoms with van der Waals surface area (Å²) in [4.78, 5) is 0. The Morgan fingerprint density at radius 3 is 2.35 bits per heavy atom. The molecule has 0 aromatic heterocycles. The van der Waals surface area contributed by atoms with E-state index in [0.717, 1.165) is 19.3 Å². The summed E-state index contributed by atoms with van der Waals surface area (Å²) in [6.07, 6.45) is 7.16. The number of allylic oxidation sites excluding steroid dienone is 2. The van der Waals surface area contributed by atoms with Gasteiger partial charge in [0.2, 0.25) is 0 Å². The van der Waals surface area contributed by atoms with Gasteiger partial charge >= 0.3 is 0 Å². The van der Waals surface area contributed by atoms with E-state index in [0.29, 0.717) is 6.42 Å². The number of rotatable bonds is 7. The molecule has 0 fully saturated rings. The van der Waals surface area contributed by atoms with E-state index in [4.69, 9.17) is 4.55 Å². The molecule has 1 aromatic rings. The smallest absolute Gasteiger partial charge is 0.265 e. The van der Waals surface area contributed by atoms with Gasteiger partial charge in [-0.3, -0.25) is 4.55 Å². The van der Waals surface area contributed by atoms with Crippen LogP contribution in [0.5, 0.6) is 0 Å². The predicted octanol–water partition coefficient (Wildman–Crippen LogP) is 2.84. The van der Waals surface area contributed by atoms with E-state index in [1.165, 1.54) is 5.56 Å². The molecule has 0 amide bonds. The Bertz CT molecular complexity index is 435.